The van der Waals surface area contributed by atoms with Crippen LogP contribution >= 0.6 is 35.8 Å². The SMILES string of the molecule is Cl.O=C(NCCc1cccc(Cl)c1)C1CSCN1. The first-order valence-corrected chi connectivity index (χ1v) is 7.12. The van der Waals surface area contributed by atoms with Gasteiger partial charge in [0.25, 0.3) is 0 Å². The largest absolute Gasteiger partial charge is 0.354 e. The first-order valence-electron chi connectivity index (χ1n) is 5.59. The molecule has 2 rings (SSSR count). The topological polar surface area (TPSA) is 41.1 Å². The highest BCUT2D eigenvalue weighted by Crippen LogP contribution is 2.11. The van der Waals surface area contributed by atoms with Gasteiger partial charge in [0.15, 0.2) is 0 Å². The van der Waals surface area contributed by atoms with Crippen molar-refractivity contribution < 1.29 is 4.79 Å². The van der Waals surface area contributed by atoms with E-state index in [1.54, 1.807) is 11.8 Å². The van der Waals surface area contributed by atoms with E-state index in [0.717, 1.165) is 28.6 Å². The molecule has 1 aliphatic heterocycles. The predicted molar refractivity (Wildman–Crippen MR) is 79.7 cm³/mol. The zero-order valence-corrected chi connectivity index (χ0v) is 12.2. The second kappa shape index (κ2) is 7.89. The molecule has 0 aromatic heterocycles. The van der Waals surface area contributed by atoms with Gasteiger partial charge in [-0.25, -0.2) is 0 Å². The molecule has 1 unspecified atom stereocenters. The van der Waals surface area contributed by atoms with Crippen molar-refractivity contribution in [1.82, 2.24) is 10.6 Å². The minimum Gasteiger partial charge on any atom is -0.354 e. The molecule has 0 saturated carbocycles. The van der Waals surface area contributed by atoms with E-state index in [1.807, 2.05) is 24.3 Å². The van der Waals surface area contributed by atoms with Crippen molar-refractivity contribution in [3.63, 3.8) is 0 Å². The highest BCUT2D eigenvalue weighted by molar-refractivity contribution is 7.99. The molecule has 1 heterocycles. The zero-order chi connectivity index (χ0) is 12.1. The van der Waals surface area contributed by atoms with Gasteiger partial charge in [-0.1, -0.05) is 23.7 Å². The van der Waals surface area contributed by atoms with E-state index in [-0.39, 0.29) is 24.4 Å². The van der Waals surface area contributed by atoms with Crippen LogP contribution in [0.15, 0.2) is 24.3 Å². The summed E-state index contributed by atoms with van der Waals surface area (Å²) in [6.07, 6.45) is 0.812. The summed E-state index contributed by atoms with van der Waals surface area (Å²) < 4.78 is 0. The van der Waals surface area contributed by atoms with Crippen LogP contribution in [0.3, 0.4) is 0 Å². The van der Waals surface area contributed by atoms with Crippen molar-refractivity contribution in [1.29, 1.82) is 0 Å². The van der Waals surface area contributed by atoms with E-state index < -0.39 is 0 Å². The number of benzene rings is 1. The van der Waals surface area contributed by atoms with Gasteiger partial charge in [0, 0.05) is 23.2 Å². The lowest BCUT2D eigenvalue weighted by atomic mass is 10.1. The van der Waals surface area contributed by atoms with Crippen molar-refractivity contribution in [3.8, 4) is 0 Å². The number of rotatable bonds is 4. The third-order valence-electron chi connectivity index (χ3n) is 2.63. The first-order chi connectivity index (χ1) is 8.25. The Bertz CT molecular complexity index is 397. The number of hydrogen-bond acceptors (Lipinski definition) is 3. The number of hydrogen-bond donors (Lipinski definition) is 2. The number of carbonyl (C=O) groups excluding carboxylic acids is 1. The Morgan fingerprint density at radius 2 is 2.39 bits per heavy atom. The number of halogens is 2. The van der Waals surface area contributed by atoms with Gasteiger partial charge in [0.1, 0.15) is 0 Å². The van der Waals surface area contributed by atoms with Crippen molar-refractivity contribution in [3.05, 3.63) is 34.9 Å². The standard InChI is InChI=1S/C12H15ClN2OS.ClH/c13-10-3-1-2-9(6-10)4-5-14-12(16)11-7-17-8-15-11;/h1-3,6,11,15H,4-5,7-8H2,(H,14,16);1H. The van der Waals surface area contributed by atoms with Crippen LogP contribution in [0, 0.1) is 0 Å². The molecule has 1 aromatic carbocycles. The van der Waals surface area contributed by atoms with Gasteiger partial charge in [0.05, 0.1) is 6.04 Å². The third-order valence-corrected chi connectivity index (χ3v) is 3.81. The molecule has 0 aliphatic carbocycles. The fraction of sp³-hybridized carbons (Fsp3) is 0.417. The summed E-state index contributed by atoms with van der Waals surface area (Å²) in [4.78, 5) is 11.7. The zero-order valence-electron chi connectivity index (χ0n) is 9.82. The Labute approximate surface area is 122 Å². The fourth-order valence-electron chi connectivity index (χ4n) is 1.71. The van der Waals surface area contributed by atoms with Crippen molar-refractivity contribution in [2.45, 2.75) is 12.5 Å². The lowest BCUT2D eigenvalue weighted by Gasteiger charge is -2.10. The van der Waals surface area contributed by atoms with Gasteiger partial charge in [-0.3, -0.25) is 10.1 Å². The molecule has 1 aliphatic rings. The second-order valence-electron chi connectivity index (χ2n) is 3.94. The number of thioether (sulfide) groups is 1. The summed E-state index contributed by atoms with van der Waals surface area (Å²) in [7, 11) is 0. The molecular weight excluding hydrogens is 291 g/mol. The van der Waals surface area contributed by atoms with Crippen LogP contribution in [0.4, 0.5) is 0 Å². The summed E-state index contributed by atoms with van der Waals surface area (Å²) in [5.41, 5.74) is 1.14. The Morgan fingerprint density at radius 1 is 1.56 bits per heavy atom. The van der Waals surface area contributed by atoms with E-state index in [1.165, 1.54) is 0 Å². The van der Waals surface area contributed by atoms with Crippen LogP contribution in [0.2, 0.25) is 5.02 Å². The summed E-state index contributed by atoms with van der Waals surface area (Å²) in [6, 6.07) is 7.69. The van der Waals surface area contributed by atoms with Crippen LogP contribution in [0.25, 0.3) is 0 Å². The smallest absolute Gasteiger partial charge is 0.238 e. The van der Waals surface area contributed by atoms with Crippen LogP contribution in [-0.4, -0.2) is 30.1 Å². The van der Waals surface area contributed by atoms with Gasteiger partial charge in [-0.15, -0.1) is 24.2 Å². The Kier molecular flexibility index (Phi) is 6.86. The summed E-state index contributed by atoms with van der Waals surface area (Å²) >= 11 is 7.64. The van der Waals surface area contributed by atoms with E-state index in [0.29, 0.717) is 6.54 Å². The highest BCUT2D eigenvalue weighted by Gasteiger charge is 2.21. The summed E-state index contributed by atoms with van der Waals surface area (Å²) in [6.45, 7) is 0.655. The maximum atomic E-state index is 11.7. The molecule has 18 heavy (non-hydrogen) atoms. The molecule has 1 saturated heterocycles. The minimum absolute atomic E-state index is 0. The van der Waals surface area contributed by atoms with Crippen LogP contribution in [-0.2, 0) is 11.2 Å². The molecular formula is C12H16Cl2N2OS. The highest BCUT2D eigenvalue weighted by atomic mass is 35.5. The minimum atomic E-state index is -0.0284. The monoisotopic (exact) mass is 306 g/mol. The van der Waals surface area contributed by atoms with E-state index >= 15 is 0 Å². The molecule has 1 atom stereocenters. The molecule has 1 amide bonds. The molecule has 1 aromatic rings. The number of nitrogens with one attached hydrogen (secondary N) is 2. The molecule has 6 heteroatoms. The van der Waals surface area contributed by atoms with Crippen LogP contribution < -0.4 is 10.6 Å². The lowest BCUT2D eigenvalue weighted by Crippen LogP contribution is -2.42. The predicted octanol–water partition coefficient (Wildman–Crippen LogP) is 2.08. The van der Waals surface area contributed by atoms with E-state index in [9.17, 15) is 4.79 Å². The number of carbonyl (C=O) groups is 1. The molecule has 0 radical (unpaired) electrons. The van der Waals surface area contributed by atoms with Gasteiger partial charge >= 0.3 is 0 Å². The van der Waals surface area contributed by atoms with Crippen molar-refractivity contribution in [2.24, 2.45) is 0 Å². The molecule has 1 fully saturated rings. The third kappa shape index (κ3) is 4.69. The summed E-state index contributed by atoms with van der Waals surface area (Å²) in [5, 5.41) is 6.82. The van der Waals surface area contributed by atoms with Gasteiger partial charge in [-0.2, -0.15) is 0 Å². The van der Waals surface area contributed by atoms with Gasteiger partial charge in [-0.05, 0) is 24.1 Å². The second-order valence-corrected chi connectivity index (χ2v) is 5.41. The van der Waals surface area contributed by atoms with Crippen molar-refractivity contribution >= 4 is 41.7 Å². The summed E-state index contributed by atoms with van der Waals surface area (Å²) in [5.74, 6) is 1.83. The maximum Gasteiger partial charge on any atom is 0.238 e. The Balaban J connectivity index is 0.00000162. The van der Waals surface area contributed by atoms with Gasteiger partial charge < -0.3 is 5.32 Å². The number of amides is 1. The van der Waals surface area contributed by atoms with Crippen LogP contribution in [0.1, 0.15) is 5.56 Å². The normalized spacial score (nSPS) is 18.2. The van der Waals surface area contributed by atoms with Gasteiger partial charge in [0.2, 0.25) is 5.91 Å². The molecule has 3 nitrogen and oxygen atoms in total. The lowest BCUT2D eigenvalue weighted by molar-refractivity contribution is -0.122. The van der Waals surface area contributed by atoms with Crippen molar-refractivity contribution in [2.75, 3.05) is 18.2 Å². The molecule has 0 bridgehead atoms. The van der Waals surface area contributed by atoms with E-state index in [2.05, 4.69) is 10.6 Å². The molecule has 2 N–H and O–H groups in total. The van der Waals surface area contributed by atoms with E-state index in [4.69, 9.17) is 11.6 Å². The Hall–Kier alpha value is -0.420. The first kappa shape index (κ1) is 15.6. The Morgan fingerprint density at radius 3 is 3.06 bits per heavy atom. The average molecular weight is 307 g/mol. The quantitative estimate of drug-likeness (QED) is 0.895. The molecule has 100 valence electrons. The molecule has 0 spiro atoms. The maximum absolute atomic E-state index is 11.7. The fourth-order valence-corrected chi connectivity index (χ4v) is 2.86. The average Bonchev–Trinajstić information content (AvgIpc) is 2.82. The van der Waals surface area contributed by atoms with Crippen LogP contribution in [0.5, 0.6) is 0 Å².